The number of benzene rings is 1. The van der Waals surface area contributed by atoms with Gasteiger partial charge in [-0.3, -0.25) is 4.98 Å². The van der Waals surface area contributed by atoms with Gasteiger partial charge in [-0.2, -0.15) is 0 Å². The first kappa shape index (κ1) is 19.8. The first-order valence-electron chi connectivity index (χ1n) is 11.7. The monoisotopic (exact) mass is 444 g/mol. The fraction of sp³-hybridized carbons (Fsp3) is 0.640. The van der Waals surface area contributed by atoms with Crippen LogP contribution in [0.4, 0.5) is 0 Å². The lowest BCUT2D eigenvalue weighted by molar-refractivity contribution is -0.00720. The number of piperidine rings is 1. The molecule has 0 amide bonds. The zero-order valence-electron chi connectivity index (χ0n) is 17.3. The van der Waals surface area contributed by atoms with Gasteiger partial charge in [-0.05, 0) is 99.4 Å². The van der Waals surface area contributed by atoms with Crippen LogP contribution in [0.25, 0.3) is 10.9 Å². The summed E-state index contributed by atoms with van der Waals surface area (Å²) in [4.78, 5) is 5.17. The molecule has 1 aromatic carbocycles. The molecular formula is C25H30Cl2N2O. The molecule has 4 aliphatic carbocycles. The highest BCUT2D eigenvalue weighted by atomic mass is 35.5. The smallest absolute Gasteiger partial charge is 0.0950 e. The largest absolute Gasteiger partial charge is 0.387 e. The summed E-state index contributed by atoms with van der Waals surface area (Å²) in [6.07, 6.45) is 10.7. The Morgan fingerprint density at radius 2 is 1.70 bits per heavy atom. The number of nitrogens with one attached hydrogen (secondary N) is 1. The Bertz CT molecular complexity index is 949. The van der Waals surface area contributed by atoms with E-state index in [2.05, 4.69) is 11.4 Å². The van der Waals surface area contributed by atoms with Crippen LogP contribution in [0, 0.1) is 17.8 Å². The van der Waals surface area contributed by atoms with E-state index in [0.717, 1.165) is 53.6 Å². The van der Waals surface area contributed by atoms with Crippen LogP contribution in [0.5, 0.6) is 0 Å². The van der Waals surface area contributed by atoms with Crippen LogP contribution in [0.1, 0.15) is 75.1 Å². The van der Waals surface area contributed by atoms with Crippen molar-refractivity contribution in [3.8, 4) is 0 Å². The van der Waals surface area contributed by atoms with Crippen molar-refractivity contribution in [2.24, 2.45) is 17.8 Å². The van der Waals surface area contributed by atoms with Crippen molar-refractivity contribution in [3.63, 3.8) is 0 Å². The van der Waals surface area contributed by atoms with Gasteiger partial charge in [0, 0.05) is 27.6 Å². The minimum Gasteiger partial charge on any atom is -0.387 e. The summed E-state index contributed by atoms with van der Waals surface area (Å²) in [6, 6.07) is 6.02. The maximum atomic E-state index is 11.5. The molecule has 3 nitrogen and oxygen atoms in total. The van der Waals surface area contributed by atoms with Gasteiger partial charge in [0.15, 0.2) is 0 Å². The third kappa shape index (κ3) is 3.20. The van der Waals surface area contributed by atoms with Crippen molar-refractivity contribution in [1.82, 2.24) is 10.3 Å². The van der Waals surface area contributed by atoms with Crippen molar-refractivity contribution in [2.75, 3.05) is 6.54 Å². The number of hydrogen-bond donors (Lipinski definition) is 2. The van der Waals surface area contributed by atoms with Crippen LogP contribution in [-0.2, 0) is 5.41 Å². The number of aromatic nitrogens is 1. The van der Waals surface area contributed by atoms with Gasteiger partial charge in [0.25, 0.3) is 0 Å². The molecular weight excluding hydrogens is 415 g/mol. The number of halogens is 2. The van der Waals surface area contributed by atoms with Crippen molar-refractivity contribution in [1.29, 1.82) is 0 Å². The number of pyridine rings is 1. The Kier molecular flexibility index (Phi) is 4.84. The molecule has 2 aromatic rings. The van der Waals surface area contributed by atoms with Crippen LogP contribution in [0.3, 0.4) is 0 Å². The summed E-state index contributed by atoms with van der Waals surface area (Å²) < 4.78 is 0. The number of rotatable bonds is 3. The summed E-state index contributed by atoms with van der Waals surface area (Å²) in [7, 11) is 0. The molecule has 0 unspecified atom stereocenters. The Hall–Kier alpha value is -0.870. The molecule has 2 heterocycles. The molecule has 4 bridgehead atoms. The van der Waals surface area contributed by atoms with E-state index >= 15 is 0 Å². The molecule has 2 N–H and O–H groups in total. The zero-order chi connectivity index (χ0) is 20.5. The summed E-state index contributed by atoms with van der Waals surface area (Å²) in [5.74, 6) is 2.55. The molecule has 5 fully saturated rings. The lowest BCUT2D eigenvalue weighted by atomic mass is 9.48. The van der Waals surface area contributed by atoms with E-state index in [1.807, 2.05) is 6.07 Å². The fourth-order valence-corrected chi connectivity index (χ4v) is 8.12. The number of nitrogens with zero attached hydrogens (tertiary/aromatic N) is 1. The van der Waals surface area contributed by atoms with Gasteiger partial charge in [-0.25, -0.2) is 0 Å². The summed E-state index contributed by atoms with van der Waals surface area (Å²) in [5.41, 5.74) is 3.09. The predicted octanol–water partition coefficient (Wildman–Crippen LogP) is 6.18. The third-order valence-electron chi connectivity index (χ3n) is 8.49. The van der Waals surface area contributed by atoms with E-state index < -0.39 is 6.10 Å². The summed E-state index contributed by atoms with van der Waals surface area (Å²) >= 11 is 13.0. The van der Waals surface area contributed by atoms with Crippen molar-refractivity contribution < 1.29 is 5.11 Å². The highest BCUT2D eigenvalue weighted by Gasteiger charge is 2.52. The standard InChI is InChI=1S/C25H30Cl2N2O/c26-17-8-18-19(24(30)21-3-1-2-4-28-21)10-22(29-23(18)20(27)9-17)25-11-14-5-15(12-25)7-16(6-14)13-25/h8-10,14-16,21,24,28,30H,1-7,11-13H2/t14?,15?,16?,21-,24-,25?/m0/s1. The topological polar surface area (TPSA) is 45.2 Å². The molecule has 5 aliphatic rings. The van der Waals surface area contributed by atoms with Crippen LogP contribution < -0.4 is 5.32 Å². The molecule has 0 spiro atoms. The summed E-state index contributed by atoms with van der Waals surface area (Å²) in [6.45, 7) is 0.966. The molecule has 1 aliphatic heterocycles. The first-order valence-corrected chi connectivity index (χ1v) is 12.5. The maximum Gasteiger partial charge on any atom is 0.0950 e. The van der Waals surface area contributed by atoms with E-state index in [1.54, 1.807) is 6.07 Å². The van der Waals surface area contributed by atoms with Gasteiger partial charge < -0.3 is 10.4 Å². The molecule has 2 atom stereocenters. The minimum absolute atomic E-state index is 0.0753. The lowest BCUT2D eigenvalue weighted by Gasteiger charge is -2.56. The Balaban J connectivity index is 1.50. The molecule has 1 aromatic heterocycles. The Morgan fingerprint density at radius 3 is 2.33 bits per heavy atom. The molecule has 4 saturated carbocycles. The second-order valence-electron chi connectivity index (χ2n) is 10.6. The van der Waals surface area contributed by atoms with Crippen molar-refractivity contribution in [3.05, 3.63) is 39.5 Å². The quantitative estimate of drug-likeness (QED) is 0.593. The maximum absolute atomic E-state index is 11.5. The molecule has 160 valence electrons. The van der Waals surface area contributed by atoms with E-state index in [-0.39, 0.29) is 11.5 Å². The predicted molar refractivity (Wildman–Crippen MR) is 122 cm³/mol. The number of aliphatic hydroxyl groups excluding tert-OH is 1. The second kappa shape index (κ2) is 7.33. The van der Waals surface area contributed by atoms with Gasteiger partial charge in [0.2, 0.25) is 0 Å². The molecule has 5 heteroatoms. The SMILES string of the molecule is O[C@@H](c1cc(C23CC4CC(CC(C4)C2)C3)nc2c(Cl)cc(Cl)cc12)[C@@H]1CCCCN1. The molecule has 0 radical (unpaired) electrons. The summed E-state index contributed by atoms with van der Waals surface area (Å²) in [5, 5.41) is 17.1. The van der Waals surface area contributed by atoms with E-state index in [1.165, 1.54) is 50.6 Å². The van der Waals surface area contributed by atoms with Crippen LogP contribution in [-0.4, -0.2) is 22.7 Å². The second-order valence-corrected chi connectivity index (χ2v) is 11.4. The van der Waals surface area contributed by atoms with Crippen LogP contribution >= 0.6 is 23.2 Å². The van der Waals surface area contributed by atoms with Gasteiger partial charge >= 0.3 is 0 Å². The molecule has 30 heavy (non-hydrogen) atoms. The zero-order valence-corrected chi connectivity index (χ0v) is 18.9. The van der Waals surface area contributed by atoms with Crippen molar-refractivity contribution >= 4 is 34.1 Å². The number of hydrogen-bond acceptors (Lipinski definition) is 3. The highest BCUT2D eigenvalue weighted by Crippen LogP contribution is 2.60. The number of fused-ring (bicyclic) bond motifs is 1. The van der Waals surface area contributed by atoms with Gasteiger partial charge in [-0.15, -0.1) is 0 Å². The molecule has 7 rings (SSSR count). The van der Waals surface area contributed by atoms with Gasteiger partial charge in [-0.1, -0.05) is 29.6 Å². The average Bonchev–Trinajstić information content (AvgIpc) is 2.72. The van der Waals surface area contributed by atoms with Crippen LogP contribution in [0.2, 0.25) is 10.0 Å². The third-order valence-corrected chi connectivity index (χ3v) is 9.00. The van der Waals surface area contributed by atoms with Crippen molar-refractivity contribution in [2.45, 2.75) is 75.3 Å². The Morgan fingerprint density at radius 1 is 1.00 bits per heavy atom. The normalized spacial score (nSPS) is 36.4. The van der Waals surface area contributed by atoms with Gasteiger partial charge in [0.05, 0.1) is 16.6 Å². The lowest BCUT2D eigenvalue weighted by Crippen LogP contribution is -2.49. The van der Waals surface area contributed by atoms with E-state index in [0.29, 0.717) is 10.0 Å². The highest BCUT2D eigenvalue weighted by molar-refractivity contribution is 6.38. The van der Waals surface area contributed by atoms with Crippen LogP contribution in [0.15, 0.2) is 18.2 Å². The van der Waals surface area contributed by atoms with E-state index in [9.17, 15) is 5.11 Å². The average molecular weight is 445 g/mol. The van der Waals surface area contributed by atoms with E-state index in [4.69, 9.17) is 28.2 Å². The number of aliphatic hydroxyl groups is 1. The molecule has 1 saturated heterocycles. The fourth-order valence-electron chi connectivity index (χ4n) is 7.58. The van der Waals surface area contributed by atoms with Gasteiger partial charge in [0.1, 0.15) is 0 Å². The minimum atomic E-state index is -0.571. The Labute approximate surface area is 188 Å². The first-order chi connectivity index (χ1) is 14.5.